The molecule has 7 nitrogen and oxygen atoms in total. The predicted octanol–water partition coefficient (Wildman–Crippen LogP) is 4.67. The van der Waals surface area contributed by atoms with Crippen molar-refractivity contribution in [3.63, 3.8) is 0 Å². The molecule has 0 N–H and O–H groups in total. The summed E-state index contributed by atoms with van der Waals surface area (Å²) >= 11 is 3.17. The first-order chi connectivity index (χ1) is 13.5. The van der Waals surface area contributed by atoms with Gasteiger partial charge in [0.2, 0.25) is 6.79 Å². The van der Waals surface area contributed by atoms with Crippen LogP contribution in [0.1, 0.15) is 41.6 Å². The normalized spacial score (nSPS) is 15.6. The number of carbonyl (C=O) groups is 1. The minimum atomic E-state index is -0.487. The number of nitro groups is 1. The van der Waals surface area contributed by atoms with Crippen molar-refractivity contribution in [2.45, 2.75) is 38.3 Å². The Hall–Kier alpha value is -2.61. The molecular formula is C20H19BrN2O5. The summed E-state index contributed by atoms with van der Waals surface area (Å²) in [6, 6.07) is 10.3. The summed E-state index contributed by atoms with van der Waals surface area (Å²) < 4.78 is 11.1. The van der Waals surface area contributed by atoms with Gasteiger partial charge < -0.3 is 14.4 Å². The molecule has 0 aromatic heterocycles. The van der Waals surface area contributed by atoms with Crippen LogP contribution in [0.4, 0.5) is 5.69 Å². The summed E-state index contributed by atoms with van der Waals surface area (Å²) in [5.74, 6) is 1.18. The number of nitrogens with zero attached hydrogens (tertiary/aromatic N) is 2. The van der Waals surface area contributed by atoms with Crippen molar-refractivity contribution in [1.82, 2.24) is 4.90 Å². The highest BCUT2D eigenvalue weighted by molar-refractivity contribution is 9.10. The van der Waals surface area contributed by atoms with Crippen LogP contribution in [0, 0.1) is 10.1 Å². The Morgan fingerprint density at radius 2 is 1.89 bits per heavy atom. The van der Waals surface area contributed by atoms with Gasteiger partial charge in [0.25, 0.3) is 11.6 Å². The van der Waals surface area contributed by atoms with E-state index in [2.05, 4.69) is 15.9 Å². The van der Waals surface area contributed by atoms with Gasteiger partial charge in [-0.2, -0.15) is 0 Å². The number of benzene rings is 2. The standard InChI is InChI=1S/C20H19BrN2O5/c21-16-7-6-14(10-17(16)23(25)26)20(24)22(15-3-1-2-4-15)11-13-5-8-18-19(9-13)28-12-27-18/h5-10,15H,1-4,11-12H2. The molecule has 0 unspecified atom stereocenters. The molecule has 1 amide bonds. The topological polar surface area (TPSA) is 81.9 Å². The minimum Gasteiger partial charge on any atom is -0.454 e. The number of carbonyl (C=O) groups excluding carboxylic acids is 1. The van der Waals surface area contributed by atoms with Crippen LogP contribution in [0.25, 0.3) is 0 Å². The largest absolute Gasteiger partial charge is 0.454 e. The molecule has 1 fully saturated rings. The van der Waals surface area contributed by atoms with Gasteiger partial charge in [-0.25, -0.2) is 0 Å². The molecule has 8 heteroatoms. The second kappa shape index (κ2) is 7.79. The zero-order chi connectivity index (χ0) is 19.7. The number of ether oxygens (including phenoxy) is 2. The first-order valence-corrected chi connectivity index (χ1v) is 9.95. The number of amides is 1. The third-order valence-corrected chi connectivity index (χ3v) is 5.88. The number of nitro benzene ring substituents is 1. The summed E-state index contributed by atoms with van der Waals surface area (Å²) in [7, 11) is 0. The molecule has 1 heterocycles. The Labute approximate surface area is 170 Å². The van der Waals surface area contributed by atoms with E-state index >= 15 is 0 Å². The van der Waals surface area contributed by atoms with Crippen LogP contribution in [0.3, 0.4) is 0 Å². The Morgan fingerprint density at radius 1 is 1.14 bits per heavy atom. The molecular weight excluding hydrogens is 428 g/mol. The van der Waals surface area contributed by atoms with Gasteiger partial charge in [0.1, 0.15) is 0 Å². The smallest absolute Gasteiger partial charge is 0.284 e. The quantitative estimate of drug-likeness (QED) is 0.492. The number of hydrogen-bond acceptors (Lipinski definition) is 5. The zero-order valence-electron chi connectivity index (χ0n) is 15.1. The SMILES string of the molecule is O=C(c1ccc(Br)c([N+](=O)[O-])c1)N(Cc1ccc2c(c1)OCO2)C1CCCC1. The fourth-order valence-electron chi connectivity index (χ4n) is 3.77. The van der Waals surface area contributed by atoms with E-state index in [9.17, 15) is 14.9 Å². The highest BCUT2D eigenvalue weighted by Gasteiger charge is 2.29. The van der Waals surface area contributed by atoms with E-state index in [0.29, 0.717) is 28.1 Å². The van der Waals surface area contributed by atoms with Crippen LogP contribution >= 0.6 is 15.9 Å². The van der Waals surface area contributed by atoms with Crippen molar-refractivity contribution in [2.24, 2.45) is 0 Å². The molecule has 0 spiro atoms. The van der Waals surface area contributed by atoms with E-state index in [1.54, 1.807) is 12.1 Å². The van der Waals surface area contributed by atoms with Gasteiger partial charge in [-0.05, 0) is 58.6 Å². The molecule has 28 heavy (non-hydrogen) atoms. The number of fused-ring (bicyclic) bond motifs is 1. The van der Waals surface area contributed by atoms with Gasteiger partial charge in [0, 0.05) is 24.2 Å². The van der Waals surface area contributed by atoms with Crippen LogP contribution in [0.5, 0.6) is 11.5 Å². The first kappa shape index (κ1) is 18.7. The maximum absolute atomic E-state index is 13.3. The van der Waals surface area contributed by atoms with Crippen LogP contribution in [0.2, 0.25) is 0 Å². The molecule has 146 valence electrons. The zero-order valence-corrected chi connectivity index (χ0v) is 16.7. The average molecular weight is 447 g/mol. The van der Waals surface area contributed by atoms with Crippen molar-refractivity contribution in [2.75, 3.05) is 6.79 Å². The average Bonchev–Trinajstić information content (AvgIpc) is 3.37. The molecule has 2 aromatic rings. The van der Waals surface area contributed by atoms with Gasteiger partial charge in [0.05, 0.1) is 9.40 Å². The number of hydrogen-bond donors (Lipinski definition) is 0. The van der Waals surface area contributed by atoms with Gasteiger partial charge >= 0.3 is 0 Å². The maximum Gasteiger partial charge on any atom is 0.284 e. The lowest BCUT2D eigenvalue weighted by atomic mass is 10.1. The molecule has 1 aliphatic heterocycles. The van der Waals surface area contributed by atoms with E-state index in [0.717, 1.165) is 31.2 Å². The third kappa shape index (κ3) is 3.69. The van der Waals surface area contributed by atoms with Crippen molar-refractivity contribution in [1.29, 1.82) is 0 Å². The van der Waals surface area contributed by atoms with Gasteiger partial charge in [-0.1, -0.05) is 18.9 Å². The molecule has 4 rings (SSSR count). The van der Waals surface area contributed by atoms with Crippen molar-refractivity contribution >= 4 is 27.5 Å². The monoisotopic (exact) mass is 446 g/mol. The summed E-state index contributed by atoms with van der Waals surface area (Å²) in [5.41, 5.74) is 1.15. The van der Waals surface area contributed by atoms with Crippen molar-refractivity contribution < 1.29 is 19.2 Å². The summed E-state index contributed by atoms with van der Waals surface area (Å²) in [6.45, 7) is 0.622. The van der Waals surface area contributed by atoms with E-state index in [1.807, 2.05) is 23.1 Å². The second-order valence-electron chi connectivity index (χ2n) is 6.98. The van der Waals surface area contributed by atoms with Crippen LogP contribution in [-0.2, 0) is 6.54 Å². The van der Waals surface area contributed by atoms with Gasteiger partial charge in [0.15, 0.2) is 11.5 Å². The molecule has 0 saturated heterocycles. The van der Waals surface area contributed by atoms with Gasteiger partial charge in [-0.15, -0.1) is 0 Å². The summed E-state index contributed by atoms with van der Waals surface area (Å²) in [4.78, 5) is 25.9. The molecule has 1 saturated carbocycles. The second-order valence-corrected chi connectivity index (χ2v) is 7.84. The molecule has 2 aromatic carbocycles. The van der Waals surface area contributed by atoms with Crippen LogP contribution in [0.15, 0.2) is 40.9 Å². The Kier molecular flexibility index (Phi) is 5.21. The fourth-order valence-corrected chi connectivity index (χ4v) is 4.16. The third-order valence-electron chi connectivity index (χ3n) is 5.21. The highest BCUT2D eigenvalue weighted by Crippen LogP contribution is 2.34. The van der Waals surface area contributed by atoms with Crippen LogP contribution in [-0.4, -0.2) is 28.6 Å². The highest BCUT2D eigenvalue weighted by atomic mass is 79.9. The Balaban J connectivity index is 1.63. The van der Waals surface area contributed by atoms with E-state index in [-0.39, 0.29) is 24.4 Å². The fraction of sp³-hybridized carbons (Fsp3) is 0.350. The lowest BCUT2D eigenvalue weighted by Crippen LogP contribution is -2.38. The molecule has 0 radical (unpaired) electrons. The number of halogens is 1. The maximum atomic E-state index is 13.3. The number of rotatable bonds is 5. The molecule has 1 aliphatic carbocycles. The van der Waals surface area contributed by atoms with Gasteiger partial charge in [-0.3, -0.25) is 14.9 Å². The van der Waals surface area contributed by atoms with Crippen molar-refractivity contribution in [3.05, 3.63) is 62.1 Å². The van der Waals surface area contributed by atoms with Crippen LogP contribution < -0.4 is 9.47 Å². The predicted molar refractivity (Wildman–Crippen MR) is 105 cm³/mol. The summed E-state index contributed by atoms with van der Waals surface area (Å²) in [6.07, 6.45) is 4.04. The molecule has 0 bridgehead atoms. The Morgan fingerprint density at radius 3 is 2.64 bits per heavy atom. The van der Waals surface area contributed by atoms with E-state index in [1.165, 1.54) is 6.07 Å². The summed E-state index contributed by atoms with van der Waals surface area (Å²) in [5, 5.41) is 11.2. The van der Waals surface area contributed by atoms with E-state index < -0.39 is 4.92 Å². The molecule has 0 atom stereocenters. The van der Waals surface area contributed by atoms with Crippen molar-refractivity contribution in [3.8, 4) is 11.5 Å². The first-order valence-electron chi connectivity index (χ1n) is 9.16. The minimum absolute atomic E-state index is 0.111. The van der Waals surface area contributed by atoms with E-state index in [4.69, 9.17) is 9.47 Å². The lowest BCUT2D eigenvalue weighted by molar-refractivity contribution is -0.385. The molecule has 2 aliphatic rings. The lowest BCUT2D eigenvalue weighted by Gasteiger charge is -2.29. The Bertz CT molecular complexity index is 927.